The lowest BCUT2D eigenvalue weighted by Gasteiger charge is -2.14. The Bertz CT molecular complexity index is 583. The summed E-state index contributed by atoms with van der Waals surface area (Å²) < 4.78 is 51.3. The third-order valence-corrected chi connectivity index (χ3v) is 2.81. The molecule has 2 nitrogen and oxygen atoms in total. The van der Waals surface area contributed by atoms with Gasteiger partial charge in [0.1, 0.15) is 5.82 Å². The molecule has 0 bridgehead atoms. The minimum absolute atomic E-state index is 0.0565. The maximum Gasteiger partial charge on any atom is 0.416 e. The van der Waals surface area contributed by atoms with E-state index >= 15 is 0 Å². The zero-order valence-corrected chi connectivity index (χ0v) is 10.2. The zero-order valence-electron chi connectivity index (χ0n) is 10.2. The molecule has 2 aromatic rings. The molecule has 1 aromatic carbocycles. The Balaban J connectivity index is 2.27. The molecular weight excluding hydrogens is 274 g/mol. The topological polar surface area (TPSA) is 33.1 Å². The fourth-order valence-corrected chi connectivity index (χ4v) is 1.80. The van der Waals surface area contributed by atoms with Crippen LogP contribution in [0.2, 0.25) is 0 Å². The number of aromatic nitrogens is 1. The third kappa shape index (κ3) is 3.33. The van der Waals surface area contributed by atoms with Crippen molar-refractivity contribution in [1.29, 1.82) is 0 Å². The molecule has 0 aliphatic heterocycles. The zero-order chi connectivity index (χ0) is 14.8. The highest BCUT2D eigenvalue weighted by atomic mass is 19.4. The highest BCUT2D eigenvalue weighted by molar-refractivity contribution is 5.29. The highest BCUT2D eigenvalue weighted by Gasteiger charge is 2.31. The van der Waals surface area contributed by atoms with Crippen LogP contribution in [-0.4, -0.2) is 10.1 Å². The fraction of sp³-hybridized carbons (Fsp3) is 0.214. The summed E-state index contributed by atoms with van der Waals surface area (Å²) in [6.45, 7) is 0. The van der Waals surface area contributed by atoms with Crippen molar-refractivity contribution < 1.29 is 22.7 Å². The lowest BCUT2D eigenvalue weighted by molar-refractivity contribution is -0.137. The van der Waals surface area contributed by atoms with Crippen LogP contribution in [0.3, 0.4) is 0 Å². The first kappa shape index (κ1) is 14.5. The number of aliphatic hydroxyl groups is 1. The standard InChI is InChI=1S/C14H11F4NO/c15-12-5-4-9(14(16,17)18)7-11(12)13(20)8-10-3-1-2-6-19-10/h1-7,13,20H,8H2. The quantitative estimate of drug-likeness (QED) is 0.875. The molecule has 20 heavy (non-hydrogen) atoms. The van der Waals surface area contributed by atoms with E-state index in [0.29, 0.717) is 23.9 Å². The number of alkyl halides is 3. The molecule has 2 rings (SSSR count). The van der Waals surface area contributed by atoms with E-state index in [4.69, 9.17) is 0 Å². The van der Waals surface area contributed by atoms with E-state index in [9.17, 15) is 22.7 Å². The maximum absolute atomic E-state index is 13.6. The lowest BCUT2D eigenvalue weighted by atomic mass is 10.0. The van der Waals surface area contributed by atoms with Crippen LogP contribution in [0.25, 0.3) is 0 Å². The summed E-state index contributed by atoms with van der Waals surface area (Å²) in [5.74, 6) is -0.874. The van der Waals surface area contributed by atoms with E-state index in [1.54, 1.807) is 18.2 Å². The maximum atomic E-state index is 13.6. The second-order valence-corrected chi connectivity index (χ2v) is 4.28. The summed E-state index contributed by atoms with van der Waals surface area (Å²) in [5.41, 5.74) is -0.906. The summed E-state index contributed by atoms with van der Waals surface area (Å²) in [6, 6.07) is 6.93. The molecule has 1 aromatic heterocycles. The molecule has 0 fully saturated rings. The van der Waals surface area contributed by atoms with Crippen LogP contribution in [0, 0.1) is 5.82 Å². The average molecular weight is 285 g/mol. The van der Waals surface area contributed by atoms with Crippen molar-refractivity contribution >= 4 is 0 Å². The monoisotopic (exact) mass is 285 g/mol. The minimum atomic E-state index is -4.58. The Hall–Kier alpha value is -1.95. The van der Waals surface area contributed by atoms with E-state index in [-0.39, 0.29) is 12.0 Å². The summed E-state index contributed by atoms with van der Waals surface area (Å²) in [5, 5.41) is 9.90. The number of pyridine rings is 1. The van der Waals surface area contributed by atoms with Gasteiger partial charge in [-0.15, -0.1) is 0 Å². The second-order valence-electron chi connectivity index (χ2n) is 4.28. The molecule has 0 amide bonds. The molecule has 1 heterocycles. The Labute approximate surface area is 112 Å². The Morgan fingerprint density at radius 3 is 2.50 bits per heavy atom. The first-order valence-corrected chi connectivity index (χ1v) is 5.82. The van der Waals surface area contributed by atoms with E-state index in [2.05, 4.69) is 4.98 Å². The number of halogens is 4. The van der Waals surface area contributed by atoms with Crippen molar-refractivity contribution in [2.75, 3.05) is 0 Å². The Morgan fingerprint density at radius 1 is 1.15 bits per heavy atom. The number of hydrogen-bond donors (Lipinski definition) is 1. The van der Waals surface area contributed by atoms with Gasteiger partial charge in [0, 0.05) is 23.9 Å². The summed E-state index contributed by atoms with van der Waals surface area (Å²) >= 11 is 0. The normalized spacial score (nSPS) is 13.2. The van der Waals surface area contributed by atoms with Gasteiger partial charge in [-0.1, -0.05) is 6.07 Å². The van der Waals surface area contributed by atoms with Gasteiger partial charge >= 0.3 is 6.18 Å². The number of rotatable bonds is 3. The molecule has 0 radical (unpaired) electrons. The van der Waals surface area contributed by atoms with E-state index in [0.717, 1.165) is 0 Å². The van der Waals surface area contributed by atoms with Crippen molar-refractivity contribution in [2.24, 2.45) is 0 Å². The van der Waals surface area contributed by atoms with Crippen molar-refractivity contribution in [2.45, 2.75) is 18.7 Å². The van der Waals surface area contributed by atoms with Crippen molar-refractivity contribution in [3.8, 4) is 0 Å². The van der Waals surface area contributed by atoms with Crippen LogP contribution >= 0.6 is 0 Å². The molecular formula is C14H11F4NO. The molecule has 0 spiro atoms. The van der Waals surface area contributed by atoms with Crippen LogP contribution in [0.15, 0.2) is 42.6 Å². The SMILES string of the molecule is OC(Cc1ccccn1)c1cc(C(F)(F)F)ccc1F. The van der Waals surface area contributed by atoms with E-state index < -0.39 is 23.7 Å². The van der Waals surface area contributed by atoms with Crippen LogP contribution < -0.4 is 0 Å². The van der Waals surface area contributed by atoms with Crippen LogP contribution in [0.4, 0.5) is 17.6 Å². The number of benzene rings is 1. The molecule has 106 valence electrons. The molecule has 6 heteroatoms. The van der Waals surface area contributed by atoms with E-state index in [1.807, 2.05) is 0 Å². The smallest absolute Gasteiger partial charge is 0.388 e. The summed E-state index contributed by atoms with van der Waals surface area (Å²) in [4.78, 5) is 3.94. The van der Waals surface area contributed by atoms with Crippen LogP contribution in [0.5, 0.6) is 0 Å². The second kappa shape index (κ2) is 5.58. The molecule has 0 saturated heterocycles. The number of hydrogen-bond acceptors (Lipinski definition) is 2. The third-order valence-electron chi connectivity index (χ3n) is 2.81. The molecule has 1 unspecified atom stereocenters. The van der Waals surface area contributed by atoms with Gasteiger partial charge in [0.2, 0.25) is 0 Å². The number of nitrogens with zero attached hydrogens (tertiary/aromatic N) is 1. The predicted molar refractivity (Wildman–Crippen MR) is 64.3 cm³/mol. The van der Waals surface area contributed by atoms with Gasteiger partial charge in [0.15, 0.2) is 0 Å². The summed E-state index contributed by atoms with van der Waals surface area (Å²) in [6.07, 6.45) is -4.52. The Kier molecular flexibility index (Phi) is 4.04. The van der Waals surface area contributed by atoms with Crippen LogP contribution in [0.1, 0.15) is 22.9 Å². The van der Waals surface area contributed by atoms with Crippen molar-refractivity contribution in [3.63, 3.8) is 0 Å². The minimum Gasteiger partial charge on any atom is -0.388 e. The molecule has 1 atom stereocenters. The number of aliphatic hydroxyl groups excluding tert-OH is 1. The first-order chi connectivity index (χ1) is 9.38. The van der Waals surface area contributed by atoms with Gasteiger partial charge in [-0.3, -0.25) is 4.98 Å². The highest BCUT2D eigenvalue weighted by Crippen LogP contribution is 2.32. The molecule has 1 N–H and O–H groups in total. The van der Waals surface area contributed by atoms with Gasteiger partial charge in [-0.25, -0.2) is 4.39 Å². The summed E-state index contributed by atoms with van der Waals surface area (Å²) in [7, 11) is 0. The predicted octanol–water partition coefficient (Wildman–Crippen LogP) is 3.52. The van der Waals surface area contributed by atoms with Gasteiger partial charge in [-0.05, 0) is 30.3 Å². The molecule has 0 aliphatic rings. The average Bonchev–Trinajstić information content (AvgIpc) is 2.39. The van der Waals surface area contributed by atoms with E-state index in [1.165, 1.54) is 6.20 Å². The van der Waals surface area contributed by atoms with Gasteiger partial charge in [-0.2, -0.15) is 13.2 Å². The first-order valence-electron chi connectivity index (χ1n) is 5.82. The van der Waals surface area contributed by atoms with Gasteiger partial charge in [0.05, 0.1) is 11.7 Å². The fourth-order valence-electron chi connectivity index (χ4n) is 1.80. The van der Waals surface area contributed by atoms with Gasteiger partial charge < -0.3 is 5.11 Å². The van der Waals surface area contributed by atoms with Gasteiger partial charge in [0.25, 0.3) is 0 Å². The van der Waals surface area contributed by atoms with Crippen LogP contribution in [-0.2, 0) is 12.6 Å². The lowest BCUT2D eigenvalue weighted by Crippen LogP contribution is -2.10. The molecule has 0 aliphatic carbocycles. The largest absolute Gasteiger partial charge is 0.416 e. The van der Waals surface area contributed by atoms with Crippen molar-refractivity contribution in [1.82, 2.24) is 4.98 Å². The molecule has 0 saturated carbocycles. The Morgan fingerprint density at radius 2 is 1.90 bits per heavy atom. The van der Waals surface area contributed by atoms with Crippen molar-refractivity contribution in [3.05, 3.63) is 65.2 Å².